The Morgan fingerprint density at radius 3 is 2.21 bits per heavy atom. The van der Waals surface area contributed by atoms with E-state index in [4.69, 9.17) is 9.47 Å². The topological polar surface area (TPSA) is 93.7 Å². The lowest BCUT2D eigenvalue weighted by Gasteiger charge is -2.14. The SMILES string of the molecule is CCOc1ccc(C(=O)NCC(=O)O[C@H](C)C(=O)Nc2ccc(CC)cc2)cc1. The van der Waals surface area contributed by atoms with E-state index >= 15 is 0 Å². The second-order valence-electron chi connectivity index (χ2n) is 6.31. The Hall–Kier alpha value is -3.35. The molecule has 0 saturated carbocycles. The van der Waals surface area contributed by atoms with E-state index in [9.17, 15) is 14.4 Å². The second-order valence-corrected chi connectivity index (χ2v) is 6.31. The minimum atomic E-state index is -0.990. The predicted octanol–water partition coefficient (Wildman–Crippen LogP) is 2.95. The second kappa shape index (κ2) is 10.8. The van der Waals surface area contributed by atoms with E-state index in [0.29, 0.717) is 23.6 Å². The minimum Gasteiger partial charge on any atom is -0.494 e. The Labute approximate surface area is 170 Å². The number of esters is 1. The molecule has 0 aliphatic rings. The summed E-state index contributed by atoms with van der Waals surface area (Å²) in [6, 6.07) is 14.0. The van der Waals surface area contributed by atoms with Crippen LogP contribution in [-0.2, 0) is 20.7 Å². The van der Waals surface area contributed by atoms with Crippen molar-refractivity contribution in [1.82, 2.24) is 5.32 Å². The third kappa shape index (κ3) is 6.95. The normalized spacial score (nSPS) is 11.3. The van der Waals surface area contributed by atoms with Crippen LogP contribution in [0.2, 0.25) is 0 Å². The van der Waals surface area contributed by atoms with E-state index in [1.807, 2.05) is 26.0 Å². The Bertz CT molecular complexity index is 831. The zero-order valence-electron chi connectivity index (χ0n) is 16.9. The van der Waals surface area contributed by atoms with Gasteiger partial charge in [-0.3, -0.25) is 14.4 Å². The lowest BCUT2D eigenvalue weighted by Crippen LogP contribution is -2.35. The van der Waals surface area contributed by atoms with Crippen molar-refractivity contribution < 1.29 is 23.9 Å². The van der Waals surface area contributed by atoms with E-state index in [0.717, 1.165) is 12.0 Å². The summed E-state index contributed by atoms with van der Waals surface area (Å²) in [5.41, 5.74) is 2.17. The number of amides is 2. The highest BCUT2D eigenvalue weighted by molar-refractivity contribution is 5.97. The Balaban J connectivity index is 1.78. The average molecular weight is 398 g/mol. The lowest BCUT2D eigenvalue weighted by atomic mass is 10.1. The van der Waals surface area contributed by atoms with Crippen LogP contribution in [-0.4, -0.2) is 37.0 Å². The Morgan fingerprint density at radius 1 is 0.966 bits per heavy atom. The molecule has 29 heavy (non-hydrogen) atoms. The van der Waals surface area contributed by atoms with Gasteiger partial charge in [0.05, 0.1) is 6.61 Å². The van der Waals surface area contributed by atoms with Gasteiger partial charge in [0.2, 0.25) is 0 Å². The van der Waals surface area contributed by atoms with Crippen molar-refractivity contribution in [2.24, 2.45) is 0 Å². The van der Waals surface area contributed by atoms with Gasteiger partial charge in [-0.15, -0.1) is 0 Å². The van der Waals surface area contributed by atoms with Crippen LogP contribution in [0, 0.1) is 0 Å². The van der Waals surface area contributed by atoms with Crippen LogP contribution >= 0.6 is 0 Å². The number of nitrogens with one attached hydrogen (secondary N) is 2. The average Bonchev–Trinajstić information content (AvgIpc) is 2.73. The van der Waals surface area contributed by atoms with E-state index < -0.39 is 23.9 Å². The van der Waals surface area contributed by atoms with Crippen molar-refractivity contribution in [3.63, 3.8) is 0 Å². The fourth-order valence-corrected chi connectivity index (χ4v) is 2.48. The van der Waals surface area contributed by atoms with Crippen molar-refractivity contribution in [3.8, 4) is 5.75 Å². The van der Waals surface area contributed by atoms with Gasteiger partial charge >= 0.3 is 5.97 Å². The van der Waals surface area contributed by atoms with Crippen molar-refractivity contribution in [1.29, 1.82) is 0 Å². The van der Waals surface area contributed by atoms with Crippen LogP contribution in [0.15, 0.2) is 48.5 Å². The number of carbonyl (C=O) groups is 3. The minimum absolute atomic E-state index is 0.338. The number of hydrogen-bond donors (Lipinski definition) is 2. The van der Waals surface area contributed by atoms with Gasteiger partial charge in [-0.25, -0.2) is 0 Å². The van der Waals surface area contributed by atoms with Crippen LogP contribution < -0.4 is 15.4 Å². The number of rotatable bonds is 9. The molecule has 0 spiro atoms. The first kappa shape index (κ1) is 21.9. The van der Waals surface area contributed by atoms with Crippen molar-refractivity contribution >= 4 is 23.5 Å². The van der Waals surface area contributed by atoms with E-state index in [-0.39, 0.29) is 6.54 Å². The zero-order chi connectivity index (χ0) is 21.2. The number of aryl methyl sites for hydroxylation is 1. The van der Waals surface area contributed by atoms with Gasteiger partial charge in [0.25, 0.3) is 11.8 Å². The first-order valence-corrected chi connectivity index (χ1v) is 9.53. The van der Waals surface area contributed by atoms with Crippen LogP contribution in [0.4, 0.5) is 5.69 Å². The molecule has 154 valence electrons. The van der Waals surface area contributed by atoms with Crippen molar-refractivity contribution in [2.45, 2.75) is 33.3 Å². The highest BCUT2D eigenvalue weighted by Crippen LogP contribution is 2.12. The molecule has 0 radical (unpaired) electrons. The molecule has 7 heteroatoms. The molecule has 0 unspecified atom stereocenters. The lowest BCUT2D eigenvalue weighted by molar-refractivity contribution is -0.152. The summed E-state index contributed by atoms with van der Waals surface area (Å²) in [6.45, 7) is 5.59. The molecule has 2 aromatic carbocycles. The van der Waals surface area contributed by atoms with Crippen molar-refractivity contribution in [2.75, 3.05) is 18.5 Å². The molecular weight excluding hydrogens is 372 g/mol. The van der Waals surface area contributed by atoms with Gasteiger partial charge in [0, 0.05) is 11.3 Å². The maximum atomic E-state index is 12.2. The summed E-state index contributed by atoms with van der Waals surface area (Å²) in [6.07, 6.45) is -0.0827. The number of carbonyl (C=O) groups excluding carboxylic acids is 3. The molecule has 1 atom stereocenters. The third-order valence-electron chi connectivity index (χ3n) is 4.13. The summed E-state index contributed by atoms with van der Waals surface area (Å²) in [5, 5.41) is 5.16. The van der Waals surface area contributed by atoms with Gasteiger partial charge in [0.15, 0.2) is 6.10 Å². The van der Waals surface area contributed by atoms with Crippen LogP contribution in [0.5, 0.6) is 5.75 Å². The van der Waals surface area contributed by atoms with Gasteiger partial charge < -0.3 is 20.1 Å². The highest BCUT2D eigenvalue weighted by atomic mass is 16.5. The van der Waals surface area contributed by atoms with Crippen molar-refractivity contribution in [3.05, 3.63) is 59.7 Å². The summed E-state index contributed by atoms with van der Waals surface area (Å²) >= 11 is 0. The fourth-order valence-electron chi connectivity index (χ4n) is 2.48. The summed E-state index contributed by atoms with van der Waals surface area (Å²) in [4.78, 5) is 36.2. The van der Waals surface area contributed by atoms with E-state index in [1.165, 1.54) is 6.92 Å². The monoisotopic (exact) mass is 398 g/mol. The maximum absolute atomic E-state index is 12.2. The molecule has 0 saturated heterocycles. The first-order valence-electron chi connectivity index (χ1n) is 9.53. The summed E-state index contributed by atoms with van der Waals surface area (Å²) in [5.74, 6) is -0.903. The molecule has 2 amide bonds. The van der Waals surface area contributed by atoms with Gasteiger partial charge in [-0.1, -0.05) is 19.1 Å². The van der Waals surface area contributed by atoms with Gasteiger partial charge in [-0.2, -0.15) is 0 Å². The largest absolute Gasteiger partial charge is 0.494 e. The molecule has 0 bridgehead atoms. The molecule has 2 aromatic rings. The van der Waals surface area contributed by atoms with Crippen LogP contribution in [0.25, 0.3) is 0 Å². The molecule has 0 aromatic heterocycles. The number of anilines is 1. The number of benzene rings is 2. The highest BCUT2D eigenvalue weighted by Gasteiger charge is 2.18. The molecule has 0 aliphatic carbocycles. The predicted molar refractivity (Wildman–Crippen MR) is 110 cm³/mol. The standard InChI is InChI=1S/C22H26N2O5/c1-4-16-6-10-18(11-7-16)24-21(26)15(3)29-20(25)14-23-22(27)17-8-12-19(13-9-17)28-5-2/h6-13,15H,4-5,14H2,1-3H3,(H,23,27)(H,24,26)/t15-/m1/s1. The van der Waals surface area contributed by atoms with Gasteiger partial charge in [-0.05, 0) is 62.2 Å². The molecule has 7 nitrogen and oxygen atoms in total. The van der Waals surface area contributed by atoms with Crippen LogP contribution in [0.1, 0.15) is 36.7 Å². The molecular formula is C22H26N2O5. The fraction of sp³-hybridized carbons (Fsp3) is 0.318. The smallest absolute Gasteiger partial charge is 0.326 e. The summed E-state index contributed by atoms with van der Waals surface area (Å²) < 4.78 is 10.4. The molecule has 2 N–H and O–H groups in total. The Kier molecular flexibility index (Phi) is 8.21. The van der Waals surface area contributed by atoms with Gasteiger partial charge in [0.1, 0.15) is 12.3 Å². The first-order chi connectivity index (χ1) is 13.9. The van der Waals surface area contributed by atoms with Crippen LogP contribution in [0.3, 0.4) is 0 Å². The molecule has 0 fully saturated rings. The zero-order valence-corrected chi connectivity index (χ0v) is 16.9. The van der Waals surface area contributed by atoms with E-state index in [1.54, 1.807) is 36.4 Å². The Morgan fingerprint density at radius 2 is 1.62 bits per heavy atom. The molecule has 0 heterocycles. The molecule has 0 aliphatic heterocycles. The third-order valence-corrected chi connectivity index (χ3v) is 4.13. The maximum Gasteiger partial charge on any atom is 0.326 e. The van der Waals surface area contributed by atoms with E-state index in [2.05, 4.69) is 10.6 Å². The molecule has 2 rings (SSSR count). The summed E-state index contributed by atoms with van der Waals surface area (Å²) in [7, 11) is 0. The number of hydrogen-bond acceptors (Lipinski definition) is 5. The number of ether oxygens (including phenoxy) is 2. The quantitative estimate of drug-likeness (QED) is 0.634.